The third-order valence-corrected chi connectivity index (χ3v) is 3.15. The van der Waals surface area contributed by atoms with E-state index in [0.717, 1.165) is 11.1 Å². The molecule has 1 aliphatic rings. The van der Waals surface area contributed by atoms with Crippen LogP contribution in [0.3, 0.4) is 0 Å². The van der Waals surface area contributed by atoms with Crippen molar-refractivity contribution in [3.8, 4) is 0 Å². The van der Waals surface area contributed by atoms with Crippen LogP contribution in [0.15, 0.2) is 48.5 Å². The van der Waals surface area contributed by atoms with Crippen molar-refractivity contribution in [2.45, 2.75) is 6.42 Å². The van der Waals surface area contributed by atoms with Gasteiger partial charge in [0.05, 0.1) is 0 Å². The Kier molecular flexibility index (Phi) is 2.37. The lowest BCUT2D eigenvalue weighted by atomic mass is 9.92. The van der Waals surface area contributed by atoms with Crippen molar-refractivity contribution in [3.05, 3.63) is 70.8 Å². The average Bonchev–Trinajstić information content (AvgIpc) is 2.36. The second-order valence-electron chi connectivity index (χ2n) is 4.27. The second kappa shape index (κ2) is 4.02. The minimum absolute atomic E-state index is 0.692. The van der Waals surface area contributed by atoms with E-state index >= 15 is 0 Å². The maximum Gasteiger partial charge on any atom is 0.0436 e. The summed E-state index contributed by atoms with van der Waals surface area (Å²) in [6.07, 6.45) is 4.94. The molecule has 2 aromatic carbocycles. The zero-order valence-electron chi connectivity index (χ0n) is 9.48. The minimum Gasteiger partial charge on any atom is -0.304 e. The molecular weight excluding hydrogens is 206 g/mol. The summed E-state index contributed by atoms with van der Waals surface area (Å²) in [5.41, 5.74) is 5.30. The molecule has 0 saturated carbocycles. The van der Waals surface area contributed by atoms with Crippen LogP contribution < -0.4 is 0 Å². The Morgan fingerprint density at radius 3 is 2.29 bits per heavy atom. The van der Waals surface area contributed by atoms with Gasteiger partial charge in [0.2, 0.25) is 0 Å². The van der Waals surface area contributed by atoms with Crippen molar-refractivity contribution in [1.29, 1.82) is 5.41 Å². The van der Waals surface area contributed by atoms with Crippen molar-refractivity contribution >= 4 is 17.9 Å². The highest BCUT2D eigenvalue weighted by atomic mass is 14.4. The molecule has 0 unspecified atom stereocenters. The largest absolute Gasteiger partial charge is 0.304 e. The monoisotopic (exact) mass is 219 g/mol. The van der Waals surface area contributed by atoms with E-state index in [-0.39, 0.29) is 0 Å². The van der Waals surface area contributed by atoms with E-state index in [0.29, 0.717) is 12.1 Å². The summed E-state index contributed by atoms with van der Waals surface area (Å²) in [6.45, 7) is 0. The van der Waals surface area contributed by atoms with Gasteiger partial charge in [-0.05, 0) is 16.7 Å². The predicted octanol–water partition coefficient (Wildman–Crippen LogP) is 3.78. The Morgan fingerprint density at radius 1 is 0.765 bits per heavy atom. The molecule has 0 fully saturated rings. The quantitative estimate of drug-likeness (QED) is 0.697. The van der Waals surface area contributed by atoms with Crippen molar-refractivity contribution in [1.82, 2.24) is 0 Å². The molecule has 0 atom stereocenters. The van der Waals surface area contributed by atoms with E-state index in [9.17, 15) is 0 Å². The SMILES string of the molecule is N=C1Cc2ccccc2/C=C\c2ccccc21. The van der Waals surface area contributed by atoms with Gasteiger partial charge in [0.1, 0.15) is 0 Å². The fourth-order valence-electron chi connectivity index (χ4n) is 2.24. The van der Waals surface area contributed by atoms with E-state index in [2.05, 4.69) is 30.4 Å². The van der Waals surface area contributed by atoms with E-state index < -0.39 is 0 Å². The Hall–Kier alpha value is -2.15. The number of benzene rings is 2. The maximum absolute atomic E-state index is 8.20. The van der Waals surface area contributed by atoms with Gasteiger partial charge in [-0.1, -0.05) is 60.7 Å². The standard InChI is InChI=1S/C16H13N/c17-16-11-14-7-2-1-5-12(14)9-10-13-6-3-4-8-15(13)16/h1-10,17H,11H2/b10-9-,17-16?. The zero-order valence-corrected chi connectivity index (χ0v) is 9.48. The molecule has 2 aromatic rings. The van der Waals surface area contributed by atoms with Crippen molar-refractivity contribution in [2.24, 2.45) is 0 Å². The molecule has 3 rings (SSSR count). The highest BCUT2D eigenvalue weighted by molar-refractivity contribution is 6.04. The molecule has 0 aromatic heterocycles. The first kappa shape index (κ1) is 10.0. The van der Waals surface area contributed by atoms with E-state index in [1.54, 1.807) is 0 Å². The first-order valence-electron chi connectivity index (χ1n) is 5.77. The van der Waals surface area contributed by atoms with E-state index in [1.807, 2.05) is 30.3 Å². The summed E-state index contributed by atoms with van der Waals surface area (Å²) in [7, 11) is 0. The Labute approximate surface area is 101 Å². The Bertz CT molecular complexity index is 608. The van der Waals surface area contributed by atoms with Gasteiger partial charge in [-0.15, -0.1) is 0 Å². The van der Waals surface area contributed by atoms with Crippen LogP contribution in [-0.2, 0) is 6.42 Å². The molecule has 0 spiro atoms. The fourth-order valence-corrected chi connectivity index (χ4v) is 2.24. The first-order chi connectivity index (χ1) is 8.34. The van der Waals surface area contributed by atoms with Gasteiger partial charge in [0.25, 0.3) is 0 Å². The molecule has 0 aliphatic heterocycles. The molecule has 1 heteroatoms. The molecule has 0 radical (unpaired) electrons. The van der Waals surface area contributed by atoms with Crippen LogP contribution in [0, 0.1) is 5.41 Å². The highest BCUT2D eigenvalue weighted by Gasteiger charge is 2.10. The molecule has 1 nitrogen and oxygen atoms in total. The van der Waals surface area contributed by atoms with Gasteiger partial charge in [0.15, 0.2) is 0 Å². The molecule has 0 saturated heterocycles. The Balaban J connectivity index is 2.19. The lowest BCUT2D eigenvalue weighted by Gasteiger charge is -2.13. The smallest absolute Gasteiger partial charge is 0.0436 e. The second-order valence-corrected chi connectivity index (χ2v) is 4.27. The summed E-state index contributed by atoms with van der Waals surface area (Å²) in [4.78, 5) is 0. The maximum atomic E-state index is 8.20. The number of rotatable bonds is 0. The van der Waals surface area contributed by atoms with Crippen LogP contribution >= 0.6 is 0 Å². The normalized spacial score (nSPS) is 15.4. The van der Waals surface area contributed by atoms with Crippen molar-refractivity contribution in [3.63, 3.8) is 0 Å². The number of hydrogen-bond acceptors (Lipinski definition) is 1. The molecule has 0 amide bonds. The van der Waals surface area contributed by atoms with Gasteiger partial charge < -0.3 is 5.41 Å². The number of nitrogens with one attached hydrogen (secondary N) is 1. The zero-order chi connectivity index (χ0) is 11.7. The number of hydrogen-bond donors (Lipinski definition) is 1. The highest BCUT2D eigenvalue weighted by Crippen LogP contribution is 2.21. The molecule has 0 heterocycles. The first-order valence-corrected chi connectivity index (χ1v) is 5.77. The Morgan fingerprint density at radius 2 is 1.41 bits per heavy atom. The van der Waals surface area contributed by atoms with Crippen LogP contribution in [0.1, 0.15) is 22.3 Å². The molecule has 17 heavy (non-hydrogen) atoms. The lowest BCUT2D eigenvalue weighted by molar-refractivity contribution is 1.26. The van der Waals surface area contributed by atoms with Gasteiger partial charge in [-0.25, -0.2) is 0 Å². The van der Waals surface area contributed by atoms with Gasteiger partial charge in [0, 0.05) is 17.7 Å². The average molecular weight is 219 g/mol. The fraction of sp³-hybridized carbons (Fsp3) is 0.0625. The van der Waals surface area contributed by atoms with Crippen LogP contribution in [0.5, 0.6) is 0 Å². The number of fused-ring (bicyclic) bond motifs is 2. The van der Waals surface area contributed by atoms with E-state index in [1.165, 1.54) is 11.1 Å². The van der Waals surface area contributed by atoms with Crippen LogP contribution in [0.2, 0.25) is 0 Å². The molecular formula is C16H13N. The molecule has 0 bridgehead atoms. The van der Waals surface area contributed by atoms with Crippen molar-refractivity contribution < 1.29 is 0 Å². The van der Waals surface area contributed by atoms with Gasteiger partial charge in [-0.2, -0.15) is 0 Å². The predicted molar refractivity (Wildman–Crippen MR) is 72.3 cm³/mol. The van der Waals surface area contributed by atoms with Crippen molar-refractivity contribution in [2.75, 3.05) is 0 Å². The summed E-state index contributed by atoms with van der Waals surface area (Å²) in [6, 6.07) is 16.4. The summed E-state index contributed by atoms with van der Waals surface area (Å²) < 4.78 is 0. The lowest BCUT2D eigenvalue weighted by Crippen LogP contribution is -2.08. The molecule has 1 aliphatic carbocycles. The minimum atomic E-state index is 0.692. The summed E-state index contributed by atoms with van der Waals surface area (Å²) in [5, 5.41) is 8.20. The molecule has 82 valence electrons. The van der Waals surface area contributed by atoms with Gasteiger partial charge >= 0.3 is 0 Å². The third-order valence-electron chi connectivity index (χ3n) is 3.15. The molecule has 1 N–H and O–H groups in total. The van der Waals surface area contributed by atoms with Gasteiger partial charge in [-0.3, -0.25) is 0 Å². The van der Waals surface area contributed by atoms with Crippen LogP contribution in [0.4, 0.5) is 0 Å². The summed E-state index contributed by atoms with van der Waals surface area (Å²) >= 11 is 0. The topological polar surface area (TPSA) is 23.9 Å². The third kappa shape index (κ3) is 1.80. The summed E-state index contributed by atoms with van der Waals surface area (Å²) in [5.74, 6) is 0. The van der Waals surface area contributed by atoms with Crippen LogP contribution in [-0.4, -0.2) is 5.71 Å². The van der Waals surface area contributed by atoms with Crippen LogP contribution in [0.25, 0.3) is 12.2 Å². The van der Waals surface area contributed by atoms with E-state index in [4.69, 9.17) is 5.41 Å².